The van der Waals surface area contributed by atoms with Crippen LogP contribution >= 0.6 is 0 Å². The molecule has 29 heavy (non-hydrogen) atoms. The lowest BCUT2D eigenvalue weighted by Gasteiger charge is -2.37. The Labute approximate surface area is 173 Å². The standard InChI is InChI=1S/C23H24O5S/c1-17-11-13-19(14-12-17)29(26)23(15-7-6-10-20(23)21(24)27-2)22(25)28-16-18-8-4-3-5-9-18/h3-9,11-14,20H,10,15-16H2,1-2H3/t20-,23+,29-/m0/s1. The molecule has 0 saturated carbocycles. The zero-order valence-electron chi connectivity index (χ0n) is 16.5. The number of aryl methyl sites for hydroxylation is 1. The maximum atomic E-state index is 13.7. The van der Waals surface area contributed by atoms with Gasteiger partial charge in [-0.15, -0.1) is 0 Å². The first-order chi connectivity index (χ1) is 14.0. The van der Waals surface area contributed by atoms with Crippen molar-refractivity contribution >= 4 is 22.7 Å². The van der Waals surface area contributed by atoms with Crippen molar-refractivity contribution in [2.45, 2.75) is 36.0 Å². The fourth-order valence-corrected chi connectivity index (χ4v) is 5.19. The molecular formula is C23H24O5S. The van der Waals surface area contributed by atoms with Crippen molar-refractivity contribution in [1.29, 1.82) is 0 Å². The SMILES string of the molecule is COC(=O)[C@@H]1CC=CC[C@@]1(C(=O)OCc1ccccc1)[S@@](=O)c1ccc(C)cc1. The van der Waals surface area contributed by atoms with Crippen LogP contribution in [0, 0.1) is 12.8 Å². The molecule has 3 rings (SSSR count). The average Bonchev–Trinajstić information content (AvgIpc) is 2.77. The van der Waals surface area contributed by atoms with Crippen LogP contribution in [0.25, 0.3) is 0 Å². The number of esters is 2. The maximum absolute atomic E-state index is 13.7. The van der Waals surface area contributed by atoms with E-state index in [4.69, 9.17) is 9.47 Å². The normalized spacial score (nSPS) is 21.9. The highest BCUT2D eigenvalue weighted by Gasteiger charge is 2.56. The monoisotopic (exact) mass is 412 g/mol. The molecule has 0 amide bonds. The lowest BCUT2D eigenvalue weighted by molar-refractivity contribution is -0.158. The van der Waals surface area contributed by atoms with Crippen LogP contribution in [0.4, 0.5) is 0 Å². The van der Waals surface area contributed by atoms with Gasteiger partial charge in [-0.05, 0) is 37.5 Å². The summed E-state index contributed by atoms with van der Waals surface area (Å²) >= 11 is 0. The van der Waals surface area contributed by atoms with Gasteiger partial charge in [0.15, 0.2) is 4.75 Å². The van der Waals surface area contributed by atoms with Crippen molar-refractivity contribution in [3.05, 3.63) is 77.9 Å². The number of ether oxygens (including phenoxy) is 2. The Hall–Kier alpha value is -2.73. The summed E-state index contributed by atoms with van der Waals surface area (Å²) in [4.78, 5) is 26.4. The molecule has 0 unspecified atom stereocenters. The van der Waals surface area contributed by atoms with Gasteiger partial charge in [-0.3, -0.25) is 13.8 Å². The molecule has 1 aliphatic carbocycles. The minimum atomic E-state index is -1.80. The Kier molecular flexibility index (Phi) is 6.64. The second-order valence-corrected chi connectivity index (χ2v) is 8.76. The molecule has 0 saturated heterocycles. The number of hydrogen-bond acceptors (Lipinski definition) is 5. The third-order valence-electron chi connectivity index (χ3n) is 5.13. The number of rotatable bonds is 6. The average molecular weight is 413 g/mol. The van der Waals surface area contributed by atoms with E-state index in [1.807, 2.05) is 55.5 Å². The Bertz CT molecular complexity index is 920. The van der Waals surface area contributed by atoms with E-state index in [0.717, 1.165) is 11.1 Å². The van der Waals surface area contributed by atoms with Crippen molar-refractivity contribution < 1.29 is 23.3 Å². The first-order valence-corrected chi connectivity index (χ1v) is 10.6. The Morgan fingerprint density at radius 1 is 1.07 bits per heavy atom. The quantitative estimate of drug-likeness (QED) is 0.534. The highest BCUT2D eigenvalue weighted by atomic mass is 32.2. The van der Waals surface area contributed by atoms with E-state index in [1.54, 1.807) is 18.2 Å². The van der Waals surface area contributed by atoms with Gasteiger partial charge in [-0.1, -0.05) is 60.2 Å². The van der Waals surface area contributed by atoms with Crippen LogP contribution in [0.3, 0.4) is 0 Å². The predicted molar refractivity (Wildman–Crippen MR) is 110 cm³/mol. The molecule has 0 aliphatic heterocycles. The molecule has 0 spiro atoms. The molecule has 2 aromatic rings. The summed E-state index contributed by atoms with van der Waals surface area (Å²) < 4.78 is 22.7. The van der Waals surface area contributed by atoms with Gasteiger partial charge in [-0.2, -0.15) is 0 Å². The number of hydrogen-bond donors (Lipinski definition) is 0. The summed E-state index contributed by atoms with van der Waals surface area (Å²) in [5, 5.41) is 0. The van der Waals surface area contributed by atoms with Gasteiger partial charge in [0.05, 0.1) is 23.8 Å². The Morgan fingerprint density at radius 2 is 1.76 bits per heavy atom. The van der Waals surface area contributed by atoms with E-state index < -0.39 is 33.4 Å². The van der Waals surface area contributed by atoms with Gasteiger partial charge >= 0.3 is 11.9 Å². The summed E-state index contributed by atoms with van der Waals surface area (Å²) in [5.41, 5.74) is 1.83. The molecule has 0 heterocycles. The van der Waals surface area contributed by atoms with Crippen molar-refractivity contribution in [2.24, 2.45) is 5.92 Å². The number of benzene rings is 2. The number of carbonyl (C=O) groups excluding carboxylic acids is 2. The molecule has 0 bridgehead atoms. The smallest absolute Gasteiger partial charge is 0.326 e. The van der Waals surface area contributed by atoms with Gasteiger partial charge < -0.3 is 9.47 Å². The van der Waals surface area contributed by atoms with Crippen LogP contribution in [0.15, 0.2) is 71.6 Å². The van der Waals surface area contributed by atoms with Crippen molar-refractivity contribution in [1.82, 2.24) is 0 Å². The lowest BCUT2D eigenvalue weighted by Crippen LogP contribution is -2.54. The molecular weight excluding hydrogens is 388 g/mol. The molecule has 0 aromatic heterocycles. The second-order valence-electron chi connectivity index (χ2n) is 7.02. The summed E-state index contributed by atoms with van der Waals surface area (Å²) in [6.07, 6.45) is 4.01. The zero-order valence-corrected chi connectivity index (χ0v) is 17.3. The Morgan fingerprint density at radius 3 is 2.41 bits per heavy atom. The first-order valence-electron chi connectivity index (χ1n) is 9.41. The molecule has 0 fully saturated rings. The van der Waals surface area contributed by atoms with E-state index >= 15 is 0 Å². The van der Waals surface area contributed by atoms with Crippen molar-refractivity contribution in [2.75, 3.05) is 7.11 Å². The minimum absolute atomic E-state index is 0.0458. The Balaban J connectivity index is 1.99. The van der Waals surface area contributed by atoms with Crippen molar-refractivity contribution in [3.63, 3.8) is 0 Å². The first kappa shape index (κ1) is 21.0. The summed E-state index contributed by atoms with van der Waals surface area (Å²) in [5.74, 6) is -2.10. The van der Waals surface area contributed by atoms with E-state index in [0.29, 0.717) is 4.90 Å². The lowest BCUT2D eigenvalue weighted by atomic mass is 9.82. The van der Waals surface area contributed by atoms with Crippen LogP contribution in [-0.2, 0) is 36.5 Å². The summed E-state index contributed by atoms with van der Waals surface area (Å²) in [6.45, 7) is 1.97. The number of methoxy groups -OCH3 is 1. The third kappa shape index (κ3) is 4.32. The van der Waals surface area contributed by atoms with E-state index in [-0.39, 0.29) is 19.4 Å². The van der Waals surface area contributed by atoms with Gasteiger partial charge in [0.25, 0.3) is 0 Å². The van der Waals surface area contributed by atoms with Gasteiger partial charge in [0, 0.05) is 4.90 Å². The van der Waals surface area contributed by atoms with Gasteiger partial charge in [0.2, 0.25) is 0 Å². The minimum Gasteiger partial charge on any atom is -0.469 e. The number of carbonyl (C=O) groups is 2. The van der Waals surface area contributed by atoms with Gasteiger partial charge in [-0.25, -0.2) is 0 Å². The van der Waals surface area contributed by atoms with E-state index in [1.165, 1.54) is 7.11 Å². The predicted octanol–water partition coefficient (Wildman–Crippen LogP) is 3.72. The van der Waals surface area contributed by atoms with Crippen LogP contribution in [-0.4, -0.2) is 28.0 Å². The number of allylic oxidation sites excluding steroid dienone is 2. The van der Waals surface area contributed by atoms with Crippen molar-refractivity contribution in [3.8, 4) is 0 Å². The summed E-state index contributed by atoms with van der Waals surface area (Å²) in [6, 6.07) is 16.4. The molecule has 3 atom stereocenters. The highest BCUT2D eigenvalue weighted by Crippen LogP contribution is 2.40. The molecule has 0 radical (unpaired) electrons. The molecule has 2 aromatic carbocycles. The van der Waals surface area contributed by atoms with Crippen LogP contribution < -0.4 is 0 Å². The van der Waals surface area contributed by atoms with Crippen LogP contribution in [0.5, 0.6) is 0 Å². The second kappa shape index (κ2) is 9.18. The topological polar surface area (TPSA) is 69.7 Å². The largest absolute Gasteiger partial charge is 0.469 e. The third-order valence-corrected chi connectivity index (χ3v) is 7.11. The van der Waals surface area contributed by atoms with E-state index in [2.05, 4.69) is 0 Å². The molecule has 0 N–H and O–H groups in total. The molecule has 152 valence electrons. The summed E-state index contributed by atoms with van der Waals surface area (Å²) in [7, 11) is -0.530. The van der Waals surface area contributed by atoms with Crippen LogP contribution in [0.1, 0.15) is 24.0 Å². The zero-order chi connectivity index (χ0) is 20.9. The fourth-order valence-electron chi connectivity index (χ4n) is 3.48. The molecule has 6 heteroatoms. The molecule has 1 aliphatic rings. The van der Waals surface area contributed by atoms with Gasteiger partial charge in [0.1, 0.15) is 6.61 Å². The molecule has 5 nitrogen and oxygen atoms in total. The highest BCUT2D eigenvalue weighted by molar-refractivity contribution is 7.87. The maximum Gasteiger partial charge on any atom is 0.326 e. The van der Waals surface area contributed by atoms with E-state index in [9.17, 15) is 13.8 Å². The fraction of sp³-hybridized carbons (Fsp3) is 0.304. The van der Waals surface area contributed by atoms with Crippen LogP contribution in [0.2, 0.25) is 0 Å².